The summed E-state index contributed by atoms with van der Waals surface area (Å²) in [6.07, 6.45) is 3.43. The molecule has 0 saturated carbocycles. The molecule has 0 unspecified atom stereocenters. The molecule has 1 atom stereocenters. The average Bonchev–Trinajstić information content (AvgIpc) is 3.30. The summed E-state index contributed by atoms with van der Waals surface area (Å²) in [4.78, 5) is 14.9. The normalized spacial score (nSPS) is 24.2. The molecule has 1 aromatic rings. The van der Waals surface area contributed by atoms with Crippen LogP contribution in [0.25, 0.3) is 0 Å². The molecule has 0 aromatic heterocycles. The van der Waals surface area contributed by atoms with Crippen molar-refractivity contribution in [1.82, 2.24) is 10.2 Å². The van der Waals surface area contributed by atoms with Crippen molar-refractivity contribution in [2.75, 3.05) is 39.6 Å². The summed E-state index contributed by atoms with van der Waals surface area (Å²) in [6, 6.07) is 5.93. The molecule has 6 heteroatoms. The number of hydrogen-bond acceptors (Lipinski definition) is 5. The van der Waals surface area contributed by atoms with Gasteiger partial charge in [0, 0.05) is 24.8 Å². The Morgan fingerprint density at radius 3 is 2.79 bits per heavy atom. The van der Waals surface area contributed by atoms with E-state index >= 15 is 0 Å². The number of rotatable bonds is 4. The van der Waals surface area contributed by atoms with Crippen molar-refractivity contribution < 1.29 is 19.0 Å². The van der Waals surface area contributed by atoms with Crippen LogP contribution in [0.3, 0.4) is 0 Å². The Kier molecular flexibility index (Phi) is 4.58. The molecule has 3 aliphatic heterocycles. The zero-order chi connectivity index (χ0) is 16.4. The van der Waals surface area contributed by atoms with Gasteiger partial charge in [0.15, 0.2) is 11.5 Å². The van der Waals surface area contributed by atoms with Crippen molar-refractivity contribution in [1.29, 1.82) is 0 Å². The molecule has 0 aliphatic carbocycles. The Hall–Kier alpha value is -1.79. The van der Waals surface area contributed by atoms with Gasteiger partial charge < -0.3 is 19.5 Å². The Morgan fingerprint density at radius 1 is 1.17 bits per heavy atom. The number of carbonyl (C=O) groups excluding carboxylic acids is 1. The van der Waals surface area contributed by atoms with Crippen molar-refractivity contribution in [2.24, 2.45) is 5.92 Å². The number of carbonyl (C=O) groups is 1. The molecule has 3 heterocycles. The fourth-order valence-corrected chi connectivity index (χ4v) is 3.71. The Bertz CT molecular complexity index is 593. The maximum atomic E-state index is 12.3. The number of nitrogens with one attached hydrogen (secondary N) is 1. The van der Waals surface area contributed by atoms with Gasteiger partial charge in [0.2, 0.25) is 6.79 Å². The van der Waals surface area contributed by atoms with Crippen LogP contribution in [0, 0.1) is 5.92 Å². The largest absolute Gasteiger partial charge is 0.454 e. The number of hydrogen-bond donors (Lipinski definition) is 1. The van der Waals surface area contributed by atoms with E-state index in [1.54, 1.807) is 18.2 Å². The topological polar surface area (TPSA) is 60.0 Å². The van der Waals surface area contributed by atoms with Gasteiger partial charge in [-0.2, -0.15) is 0 Å². The molecular formula is C18H24N2O4. The molecule has 6 nitrogen and oxygen atoms in total. The van der Waals surface area contributed by atoms with E-state index < -0.39 is 0 Å². The molecule has 1 N–H and O–H groups in total. The van der Waals surface area contributed by atoms with E-state index in [-0.39, 0.29) is 12.7 Å². The molecule has 3 aliphatic rings. The third kappa shape index (κ3) is 3.35. The summed E-state index contributed by atoms with van der Waals surface area (Å²) < 4.78 is 16.1. The van der Waals surface area contributed by atoms with Crippen molar-refractivity contribution in [3.05, 3.63) is 23.8 Å². The molecule has 4 rings (SSSR count). The second-order valence-corrected chi connectivity index (χ2v) is 6.77. The van der Waals surface area contributed by atoms with E-state index in [0.717, 1.165) is 52.1 Å². The second kappa shape index (κ2) is 6.99. The predicted octanol–water partition coefficient (Wildman–Crippen LogP) is 1.65. The van der Waals surface area contributed by atoms with Crippen LogP contribution in [0.5, 0.6) is 11.5 Å². The summed E-state index contributed by atoms with van der Waals surface area (Å²) >= 11 is 0. The summed E-state index contributed by atoms with van der Waals surface area (Å²) in [5, 5.41) is 3.07. The second-order valence-electron chi connectivity index (χ2n) is 6.77. The maximum absolute atomic E-state index is 12.3. The lowest BCUT2D eigenvalue weighted by Gasteiger charge is -2.35. The highest BCUT2D eigenvalue weighted by molar-refractivity contribution is 5.94. The summed E-state index contributed by atoms with van der Waals surface area (Å²) in [6.45, 7) is 4.96. The first kappa shape index (κ1) is 15.7. The molecule has 1 aromatic carbocycles. The third-order valence-electron chi connectivity index (χ3n) is 5.26. The third-order valence-corrected chi connectivity index (χ3v) is 5.26. The van der Waals surface area contributed by atoms with Gasteiger partial charge in [0.25, 0.3) is 5.91 Å². The van der Waals surface area contributed by atoms with Crippen molar-refractivity contribution in [3.8, 4) is 11.5 Å². The van der Waals surface area contributed by atoms with Crippen LogP contribution in [0.2, 0.25) is 0 Å². The van der Waals surface area contributed by atoms with Crippen molar-refractivity contribution in [2.45, 2.75) is 25.3 Å². The van der Waals surface area contributed by atoms with E-state index in [1.807, 2.05) is 0 Å². The van der Waals surface area contributed by atoms with Crippen molar-refractivity contribution >= 4 is 5.91 Å². The zero-order valence-electron chi connectivity index (χ0n) is 13.8. The van der Waals surface area contributed by atoms with Crippen molar-refractivity contribution in [3.63, 3.8) is 0 Å². The van der Waals surface area contributed by atoms with Gasteiger partial charge in [-0.1, -0.05) is 0 Å². The van der Waals surface area contributed by atoms with Gasteiger partial charge in [0.1, 0.15) is 0 Å². The van der Waals surface area contributed by atoms with E-state index in [9.17, 15) is 4.79 Å². The number of ether oxygens (including phenoxy) is 3. The smallest absolute Gasteiger partial charge is 0.251 e. The van der Waals surface area contributed by atoms with Crippen LogP contribution in [-0.2, 0) is 4.74 Å². The predicted molar refractivity (Wildman–Crippen MR) is 88.4 cm³/mol. The van der Waals surface area contributed by atoms with E-state index in [1.165, 1.54) is 0 Å². The minimum absolute atomic E-state index is 0.0417. The summed E-state index contributed by atoms with van der Waals surface area (Å²) in [5.41, 5.74) is 0.625. The first-order chi connectivity index (χ1) is 11.8. The van der Waals surface area contributed by atoms with E-state index in [2.05, 4.69) is 10.2 Å². The molecule has 130 valence electrons. The van der Waals surface area contributed by atoms with Gasteiger partial charge in [-0.25, -0.2) is 0 Å². The molecule has 2 fully saturated rings. The minimum atomic E-state index is -0.0417. The summed E-state index contributed by atoms with van der Waals surface area (Å²) in [7, 11) is 0. The SMILES string of the molecule is O=C(NCC1CCN([C@H]2CCOC2)CC1)c1ccc2c(c1)OCO2. The standard InChI is InChI=1S/C18H24N2O4/c21-18(14-1-2-16-17(9-14)24-12-23-16)19-10-13-3-6-20(7-4-13)15-5-8-22-11-15/h1-2,9,13,15H,3-8,10-12H2,(H,19,21)/t15-/m0/s1. The number of benzene rings is 1. The molecule has 24 heavy (non-hydrogen) atoms. The molecule has 0 radical (unpaired) electrons. The molecular weight excluding hydrogens is 308 g/mol. The number of fused-ring (bicyclic) bond motifs is 1. The fourth-order valence-electron chi connectivity index (χ4n) is 3.71. The lowest BCUT2D eigenvalue weighted by molar-refractivity contribution is 0.0911. The van der Waals surface area contributed by atoms with Gasteiger partial charge in [0.05, 0.1) is 6.61 Å². The molecule has 0 spiro atoms. The Morgan fingerprint density at radius 2 is 2.00 bits per heavy atom. The van der Waals surface area contributed by atoms with E-state index in [4.69, 9.17) is 14.2 Å². The van der Waals surface area contributed by atoms with Gasteiger partial charge in [-0.3, -0.25) is 9.69 Å². The number of piperidine rings is 1. The maximum Gasteiger partial charge on any atom is 0.251 e. The van der Waals surface area contributed by atoms with Crippen LogP contribution in [0.1, 0.15) is 29.6 Å². The van der Waals surface area contributed by atoms with Crippen LogP contribution < -0.4 is 14.8 Å². The Balaban J connectivity index is 1.24. The zero-order valence-corrected chi connectivity index (χ0v) is 13.8. The van der Waals surface area contributed by atoms with Gasteiger partial charge >= 0.3 is 0 Å². The molecule has 1 amide bonds. The quantitative estimate of drug-likeness (QED) is 0.908. The average molecular weight is 332 g/mol. The fraction of sp³-hybridized carbons (Fsp3) is 0.611. The first-order valence-electron chi connectivity index (χ1n) is 8.79. The van der Waals surface area contributed by atoms with Crippen LogP contribution in [0.15, 0.2) is 18.2 Å². The lowest BCUT2D eigenvalue weighted by atomic mass is 9.95. The number of nitrogens with zero attached hydrogens (tertiary/aromatic N) is 1. The molecule has 0 bridgehead atoms. The van der Waals surface area contributed by atoms with Crippen LogP contribution >= 0.6 is 0 Å². The summed E-state index contributed by atoms with van der Waals surface area (Å²) in [5.74, 6) is 1.87. The highest BCUT2D eigenvalue weighted by atomic mass is 16.7. The highest BCUT2D eigenvalue weighted by Gasteiger charge is 2.27. The first-order valence-corrected chi connectivity index (χ1v) is 8.79. The lowest BCUT2D eigenvalue weighted by Crippen LogP contribution is -2.43. The van der Waals surface area contributed by atoms with Crippen LogP contribution in [0.4, 0.5) is 0 Å². The minimum Gasteiger partial charge on any atom is -0.454 e. The molecule has 2 saturated heterocycles. The van der Waals surface area contributed by atoms with E-state index in [0.29, 0.717) is 29.0 Å². The monoisotopic (exact) mass is 332 g/mol. The number of amides is 1. The van der Waals surface area contributed by atoms with Gasteiger partial charge in [-0.05, 0) is 56.5 Å². The van der Waals surface area contributed by atoms with Gasteiger partial charge in [-0.15, -0.1) is 0 Å². The number of likely N-dealkylation sites (tertiary alicyclic amines) is 1. The van der Waals surface area contributed by atoms with Crippen LogP contribution in [-0.4, -0.2) is 56.5 Å². The Labute approximate surface area is 142 Å². The highest BCUT2D eigenvalue weighted by Crippen LogP contribution is 2.32.